The molecule has 0 fully saturated rings. The molecule has 0 aliphatic heterocycles. The van der Waals surface area contributed by atoms with Gasteiger partial charge in [-0.05, 0) is 11.4 Å². The van der Waals surface area contributed by atoms with E-state index in [9.17, 15) is 0 Å². The van der Waals surface area contributed by atoms with Crippen LogP contribution in [0, 0.1) is 0 Å². The lowest BCUT2D eigenvalue weighted by Gasteiger charge is -2.04. The Hall–Kier alpha value is -0.0700. The van der Waals surface area contributed by atoms with Gasteiger partial charge in [-0.1, -0.05) is 11.8 Å². The molecule has 0 saturated carbocycles. The van der Waals surface area contributed by atoms with Crippen LogP contribution in [0.5, 0.6) is 5.88 Å². The predicted octanol–water partition coefficient (Wildman–Crippen LogP) is 0.349. The first-order valence-corrected chi connectivity index (χ1v) is 6.95. The molecule has 0 spiro atoms. The Morgan fingerprint density at radius 1 is 1.73 bits per heavy atom. The van der Waals surface area contributed by atoms with Crippen molar-refractivity contribution >= 4 is 28.7 Å². The summed E-state index contributed by atoms with van der Waals surface area (Å²) in [4.78, 5) is 0. The third-order valence-corrected chi connectivity index (χ3v) is 3.55. The highest BCUT2D eigenvalue weighted by atomic mass is 32.9. The Labute approximate surface area is 72.4 Å². The molecule has 0 unspecified atom stereocenters. The van der Waals surface area contributed by atoms with Crippen LogP contribution in [0.3, 0.4) is 0 Å². The number of aromatic hydroxyl groups is 1. The van der Waals surface area contributed by atoms with Gasteiger partial charge in [0.25, 0.3) is 0 Å². The zero-order chi connectivity index (χ0) is 8.48. The highest BCUT2D eigenvalue weighted by molar-refractivity contribution is 8.69. The molecule has 0 aliphatic rings. The minimum atomic E-state index is -2.32. The minimum Gasteiger partial charge on any atom is -0.494 e. The summed E-state index contributed by atoms with van der Waals surface area (Å²) < 4.78 is 0. The number of aromatic amines is 1. The molecule has 0 aliphatic carbocycles. The van der Waals surface area contributed by atoms with E-state index in [0.717, 1.165) is 11.4 Å². The van der Waals surface area contributed by atoms with Crippen molar-refractivity contribution in [2.75, 3.05) is 0 Å². The average Bonchev–Trinajstić information content (AvgIpc) is 2.10. The summed E-state index contributed by atoms with van der Waals surface area (Å²) >= 11 is 5.87. The molecule has 0 radical (unpaired) electrons. The van der Waals surface area contributed by atoms with Crippen LogP contribution in [0.4, 0.5) is 0 Å². The van der Waals surface area contributed by atoms with Gasteiger partial charge in [-0.15, -0.1) is 0 Å². The van der Waals surface area contributed by atoms with Gasteiger partial charge in [-0.2, -0.15) is 5.10 Å². The fraction of sp³-hybridized carbons (Fsp3) is 0. The molecule has 0 aromatic carbocycles. The van der Waals surface area contributed by atoms with Gasteiger partial charge < -0.3 is 5.11 Å². The summed E-state index contributed by atoms with van der Waals surface area (Å²) in [7, 11) is 0. The average molecular weight is 210 g/mol. The highest BCUT2D eigenvalue weighted by Gasteiger charge is 2.08. The second-order valence-electron chi connectivity index (χ2n) is 1.83. The smallest absolute Gasteiger partial charge is 0.207 e. The van der Waals surface area contributed by atoms with E-state index in [2.05, 4.69) is 10.2 Å². The first kappa shape index (κ1) is 9.02. The fourth-order valence-corrected chi connectivity index (χ4v) is 2.87. The van der Waals surface area contributed by atoms with Crippen LogP contribution in [0.1, 0.15) is 0 Å². The summed E-state index contributed by atoms with van der Waals surface area (Å²) in [5.41, 5.74) is 8.50. The van der Waals surface area contributed by atoms with E-state index in [1.807, 2.05) is 0 Å². The van der Waals surface area contributed by atoms with Gasteiger partial charge in [0.2, 0.25) is 5.88 Å². The number of nitrogens with one attached hydrogen (secondary N) is 1. The maximum Gasteiger partial charge on any atom is 0.207 e. The number of aromatic nitrogens is 2. The van der Waals surface area contributed by atoms with Crippen molar-refractivity contribution in [2.24, 2.45) is 11.0 Å². The maximum absolute atomic E-state index is 8.82. The molecule has 8 heteroatoms. The topological polar surface area (TPSA) is 101 Å². The molecule has 11 heavy (non-hydrogen) atoms. The van der Waals surface area contributed by atoms with Crippen molar-refractivity contribution in [2.45, 2.75) is 5.03 Å². The van der Waals surface area contributed by atoms with E-state index in [1.54, 1.807) is 0 Å². The van der Waals surface area contributed by atoms with E-state index in [1.165, 1.54) is 6.07 Å². The third-order valence-electron chi connectivity index (χ3n) is 0.777. The normalized spacial score (nSPS) is 11.8. The monoisotopic (exact) mass is 210 g/mol. The van der Waals surface area contributed by atoms with Crippen LogP contribution in [-0.2, 0) is 11.8 Å². The number of nitrogens with zero attached hydrogens (tertiary/aromatic N) is 1. The van der Waals surface area contributed by atoms with Crippen LogP contribution in [-0.4, -0.2) is 15.3 Å². The summed E-state index contributed by atoms with van der Waals surface area (Å²) in [6, 6.07) is 1.42. The maximum atomic E-state index is 8.82. The number of rotatable bonds is 2. The molecular weight excluding hydrogens is 203 g/mol. The van der Waals surface area contributed by atoms with Gasteiger partial charge in [-0.25, -0.2) is 5.10 Å². The predicted molar refractivity (Wildman–Crippen MR) is 48.8 cm³/mol. The second-order valence-corrected chi connectivity index (χ2v) is 8.59. The van der Waals surface area contributed by atoms with E-state index < -0.39 is 5.54 Å². The molecule has 0 atom stereocenters. The van der Waals surface area contributed by atoms with Crippen LogP contribution in [0.25, 0.3) is 0 Å². The molecule has 1 rings (SSSR count). The highest BCUT2D eigenvalue weighted by Crippen LogP contribution is 2.47. The SMILES string of the molecule is NP(N)(=S)Sc1cc(O)[nH]n1. The molecule has 1 heterocycles. The van der Waals surface area contributed by atoms with Gasteiger partial charge >= 0.3 is 0 Å². The lowest BCUT2D eigenvalue weighted by atomic mass is 10.7. The van der Waals surface area contributed by atoms with Crippen LogP contribution in [0.15, 0.2) is 11.1 Å². The number of H-pyrrole nitrogens is 1. The van der Waals surface area contributed by atoms with Crippen molar-refractivity contribution in [3.63, 3.8) is 0 Å². The van der Waals surface area contributed by atoms with Gasteiger partial charge in [0.05, 0.1) is 0 Å². The van der Waals surface area contributed by atoms with Crippen molar-refractivity contribution in [3.8, 4) is 5.88 Å². The standard InChI is InChI=1S/C3H7N4OPS2/c4-9(5,10)11-3-1-2(8)6-7-3/h1H,(H4,4,5,10)(H2,6,7,8). The summed E-state index contributed by atoms with van der Waals surface area (Å²) in [5, 5.41) is 15.4. The summed E-state index contributed by atoms with van der Waals surface area (Å²) in [6.45, 7) is 0. The van der Waals surface area contributed by atoms with Gasteiger partial charge in [0, 0.05) is 6.07 Å². The Morgan fingerprint density at radius 2 is 2.36 bits per heavy atom. The zero-order valence-electron chi connectivity index (χ0n) is 5.39. The summed E-state index contributed by atoms with van der Waals surface area (Å²) in [6.07, 6.45) is 0. The van der Waals surface area contributed by atoms with Crippen LogP contribution >= 0.6 is 16.9 Å². The quantitative estimate of drug-likeness (QED) is 0.525. The fourth-order valence-electron chi connectivity index (χ4n) is 0.487. The van der Waals surface area contributed by atoms with E-state index in [4.69, 9.17) is 27.9 Å². The van der Waals surface area contributed by atoms with Gasteiger partial charge in [0.15, 0.2) is 0 Å². The molecule has 0 bridgehead atoms. The van der Waals surface area contributed by atoms with Crippen LogP contribution < -0.4 is 11.0 Å². The molecule has 0 amide bonds. The number of hydrogen-bond donors (Lipinski definition) is 4. The van der Waals surface area contributed by atoms with Gasteiger partial charge in [0.1, 0.15) is 10.6 Å². The molecular formula is C3H7N4OPS2. The lowest BCUT2D eigenvalue weighted by molar-refractivity contribution is 0.452. The molecule has 5 nitrogen and oxygen atoms in total. The molecule has 62 valence electrons. The van der Waals surface area contributed by atoms with Crippen molar-refractivity contribution < 1.29 is 5.11 Å². The molecule has 0 saturated heterocycles. The first-order valence-electron chi connectivity index (χ1n) is 2.58. The first-order chi connectivity index (χ1) is 4.97. The lowest BCUT2D eigenvalue weighted by Crippen LogP contribution is -1.99. The Morgan fingerprint density at radius 3 is 2.73 bits per heavy atom. The second kappa shape index (κ2) is 3.12. The molecule has 1 aromatic heterocycles. The Kier molecular flexibility index (Phi) is 2.56. The largest absolute Gasteiger partial charge is 0.494 e. The minimum absolute atomic E-state index is 0.0176. The van der Waals surface area contributed by atoms with Crippen molar-refractivity contribution in [1.29, 1.82) is 0 Å². The molecule has 6 N–H and O–H groups in total. The zero-order valence-corrected chi connectivity index (χ0v) is 7.92. The Balaban J connectivity index is 2.73. The van der Waals surface area contributed by atoms with Crippen molar-refractivity contribution in [3.05, 3.63) is 6.07 Å². The molecule has 1 aromatic rings. The van der Waals surface area contributed by atoms with E-state index in [0.29, 0.717) is 5.03 Å². The number of hydrogen-bond acceptors (Lipinski definition) is 4. The van der Waals surface area contributed by atoms with Crippen LogP contribution in [0.2, 0.25) is 0 Å². The van der Waals surface area contributed by atoms with Gasteiger partial charge in [-0.3, -0.25) is 11.0 Å². The third kappa shape index (κ3) is 3.22. The van der Waals surface area contributed by atoms with E-state index in [-0.39, 0.29) is 5.88 Å². The summed E-state index contributed by atoms with van der Waals surface area (Å²) in [5.74, 6) is -0.0176. The Bertz CT molecular complexity index is 293. The van der Waals surface area contributed by atoms with E-state index >= 15 is 0 Å². The number of nitrogens with two attached hydrogens (primary N) is 2. The van der Waals surface area contributed by atoms with Crippen molar-refractivity contribution in [1.82, 2.24) is 10.2 Å².